The molecular weight excluding hydrogens is 408 g/mol. The highest BCUT2D eigenvalue weighted by Crippen LogP contribution is 2.32. The van der Waals surface area contributed by atoms with Gasteiger partial charge in [0.2, 0.25) is 5.91 Å². The van der Waals surface area contributed by atoms with Crippen LogP contribution in [0.2, 0.25) is 0 Å². The largest absolute Gasteiger partial charge is 0.339 e. The van der Waals surface area contributed by atoms with Crippen LogP contribution in [0.3, 0.4) is 0 Å². The lowest BCUT2D eigenvalue weighted by atomic mass is 9.80. The third-order valence-corrected chi connectivity index (χ3v) is 6.08. The summed E-state index contributed by atoms with van der Waals surface area (Å²) in [5, 5.41) is 7.65. The molecule has 1 aliphatic rings. The summed E-state index contributed by atoms with van der Waals surface area (Å²) in [7, 11) is 1.75. The fraction of sp³-hybridized carbons (Fsp3) is 0.435. The van der Waals surface area contributed by atoms with E-state index in [0.717, 1.165) is 18.4 Å². The van der Waals surface area contributed by atoms with E-state index in [9.17, 15) is 9.59 Å². The summed E-state index contributed by atoms with van der Waals surface area (Å²) in [5.74, 6) is -0.0540. The number of amides is 2. The van der Waals surface area contributed by atoms with Gasteiger partial charge in [-0.3, -0.25) is 9.59 Å². The molecule has 1 atom stereocenters. The van der Waals surface area contributed by atoms with Crippen molar-refractivity contribution in [1.29, 1.82) is 0 Å². The third kappa shape index (κ3) is 4.56. The van der Waals surface area contributed by atoms with Gasteiger partial charge in [0.1, 0.15) is 11.4 Å². The first kappa shape index (κ1) is 21.7. The molecule has 0 aliphatic carbocycles. The van der Waals surface area contributed by atoms with Gasteiger partial charge in [0.05, 0.1) is 18.3 Å². The van der Waals surface area contributed by atoms with Crippen molar-refractivity contribution in [2.24, 2.45) is 5.41 Å². The number of nitrogens with zero attached hydrogens (tertiary/aromatic N) is 6. The maximum atomic E-state index is 13.3. The Balaban J connectivity index is 1.45. The topological polar surface area (TPSA) is 97.4 Å². The molecule has 1 fully saturated rings. The normalized spacial score (nSPS) is 18.5. The third-order valence-electron chi connectivity index (χ3n) is 6.08. The van der Waals surface area contributed by atoms with Gasteiger partial charge >= 0.3 is 0 Å². The van der Waals surface area contributed by atoms with Crippen molar-refractivity contribution in [3.8, 4) is 0 Å². The van der Waals surface area contributed by atoms with E-state index < -0.39 is 5.41 Å². The molecule has 2 aromatic heterocycles. The number of aryl methyl sites for hydroxylation is 1. The molecule has 4 rings (SSSR count). The van der Waals surface area contributed by atoms with E-state index in [1.807, 2.05) is 42.0 Å². The Labute approximate surface area is 187 Å². The van der Waals surface area contributed by atoms with Crippen LogP contribution in [0.5, 0.6) is 0 Å². The number of carbonyl (C=O) groups is 2. The van der Waals surface area contributed by atoms with Gasteiger partial charge in [0, 0.05) is 44.6 Å². The maximum Gasteiger partial charge on any atom is 0.253 e. The van der Waals surface area contributed by atoms with Crippen LogP contribution < -0.4 is 0 Å². The zero-order chi connectivity index (χ0) is 22.7. The van der Waals surface area contributed by atoms with E-state index >= 15 is 0 Å². The number of benzene rings is 1. The zero-order valence-electron chi connectivity index (χ0n) is 18.7. The van der Waals surface area contributed by atoms with Crippen LogP contribution in [0.4, 0.5) is 0 Å². The molecule has 9 nitrogen and oxygen atoms in total. The predicted octanol–water partition coefficient (Wildman–Crippen LogP) is 2.52. The van der Waals surface area contributed by atoms with E-state index in [2.05, 4.69) is 15.3 Å². The summed E-state index contributed by atoms with van der Waals surface area (Å²) >= 11 is 0. The number of piperidine rings is 1. The molecule has 1 aromatic carbocycles. The number of imidazole rings is 1. The van der Waals surface area contributed by atoms with Crippen LogP contribution in [-0.2, 0) is 17.9 Å². The molecule has 0 unspecified atom stereocenters. The first-order valence-electron chi connectivity index (χ1n) is 10.7. The van der Waals surface area contributed by atoms with Crippen LogP contribution in [-0.4, -0.2) is 61.6 Å². The average molecular weight is 437 g/mol. The second kappa shape index (κ2) is 8.94. The van der Waals surface area contributed by atoms with Crippen LogP contribution >= 0.6 is 0 Å². The number of aromatic nitrogens is 4. The number of likely N-dealkylation sites (tertiary alicyclic amines) is 1. The Hall–Kier alpha value is -3.49. The molecule has 9 heteroatoms. The fourth-order valence-electron chi connectivity index (χ4n) is 4.31. The Morgan fingerprint density at radius 3 is 2.84 bits per heavy atom. The van der Waals surface area contributed by atoms with Crippen molar-refractivity contribution in [1.82, 2.24) is 29.7 Å². The van der Waals surface area contributed by atoms with E-state index in [4.69, 9.17) is 4.63 Å². The van der Waals surface area contributed by atoms with E-state index in [1.165, 1.54) is 0 Å². The highest BCUT2D eigenvalue weighted by molar-refractivity contribution is 5.95. The second-order valence-corrected chi connectivity index (χ2v) is 8.78. The molecule has 0 bridgehead atoms. The molecule has 0 N–H and O–H groups in total. The van der Waals surface area contributed by atoms with Gasteiger partial charge in [-0.1, -0.05) is 22.4 Å². The molecule has 1 saturated heterocycles. The molecule has 0 spiro atoms. The summed E-state index contributed by atoms with van der Waals surface area (Å²) < 4.78 is 6.70. The van der Waals surface area contributed by atoms with E-state index in [0.29, 0.717) is 43.1 Å². The maximum absolute atomic E-state index is 13.3. The first-order valence-corrected chi connectivity index (χ1v) is 10.7. The van der Waals surface area contributed by atoms with Crippen molar-refractivity contribution in [2.45, 2.75) is 39.8 Å². The van der Waals surface area contributed by atoms with Gasteiger partial charge in [-0.05, 0) is 44.4 Å². The van der Waals surface area contributed by atoms with Gasteiger partial charge in [0.15, 0.2) is 0 Å². The number of hydrogen-bond donors (Lipinski definition) is 0. The van der Waals surface area contributed by atoms with E-state index in [-0.39, 0.29) is 11.8 Å². The second-order valence-electron chi connectivity index (χ2n) is 8.78. The van der Waals surface area contributed by atoms with Crippen molar-refractivity contribution in [3.05, 3.63) is 65.5 Å². The Kier molecular flexibility index (Phi) is 6.07. The van der Waals surface area contributed by atoms with Crippen LogP contribution in [0.25, 0.3) is 0 Å². The molecule has 3 aromatic rings. The minimum atomic E-state index is -0.651. The Morgan fingerprint density at radius 1 is 1.28 bits per heavy atom. The van der Waals surface area contributed by atoms with Crippen molar-refractivity contribution in [3.63, 3.8) is 0 Å². The zero-order valence-corrected chi connectivity index (χ0v) is 18.7. The Morgan fingerprint density at radius 2 is 2.12 bits per heavy atom. The molecule has 2 amide bonds. The molecule has 0 radical (unpaired) electrons. The first-order chi connectivity index (χ1) is 15.4. The summed E-state index contributed by atoms with van der Waals surface area (Å²) in [5.41, 5.74) is 2.33. The van der Waals surface area contributed by atoms with Gasteiger partial charge < -0.3 is 14.4 Å². The van der Waals surface area contributed by atoms with Crippen LogP contribution in [0.1, 0.15) is 47.1 Å². The average Bonchev–Trinajstić information content (AvgIpc) is 3.44. The Bertz CT molecular complexity index is 1090. The van der Waals surface area contributed by atoms with Crippen molar-refractivity contribution in [2.75, 3.05) is 20.1 Å². The van der Waals surface area contributed by atoms with Crippen molar-refractivity contribution < 1.29 is 14.2 Å². The molecule has 0 saturated carbocycles. The van der Waals surface area contributed by atoms with Gasteiger partial charge in [-0.25, -0.2) is 9.61 Å². The minimum absolute atomic E-state index is 0.00809. The van der Waals surface area contributed by atoms with Gasteiger partial charge in [-0.2, -0.15) is 0 Å². The predicted molar refractivity (Wildman–Crippen MR) is 117 cm³/mol. The van der Waals surface area contributed by atoms with Gasteiger partial charge in [-0.15, -0.1) is 0 Å². The lowest BCUT2D eigenvalue weighted by Crippen LogP contribution is -2.52. The quantitative estimate of drug-likeness (QED) is 0.589. The fourth-order valence-corrected chi connectivity index (χ4v) is 4.31. The lowest BCUT2D eigenvalue weighted by Gasteiger charge is -2.41. The summed E-state index contributed by atoms with van der Waals surface area (Å²) in [6.45, 7) is 5.75. The van der Waals surface area contributed by atoms with Gasteiger partial charge in [0.25, 0.3) is 5.91 Å². The monoisotopic (exact) mass is 436 g/mol. The highest BCUT2D eigenvalue weighted by atomic mass is 16.6. The molecule has 3 heterocycles. The lowest BCUT2D eigenvalue weighted by molar-refractivity contribution is -0.143. The van der Waals surface area contributed by atoms with Crippen LogP contribution in [0.15, 0.2) is 47.6 Å². The smallest absolute Gasteiger partial charge is 0.253 e. The SMILES string of the molecule is Cc1nonc1CN(C)C(=O)[C@]1(C)CCCN(C(=O)c2cccc(Cn3ccnc3)c2)C1. The summed E-state index contributed by atoms with van der Waals surface area (Å²) in [6, 6.07) is 7.65. The molecule has 32 heavy (non-hydrogen) atoms. The summed E-state index contributed by atoms with van der Waals surface area (Å²) in [6.07, 6.45) is 6.89. The number of carbonyl (C=O) groups excluding carboxylic acids is 2. The molecular formula is C23H28N6O3. The highest BCUT2D eigenvalue weighted by Gasteiger charge is 2.41. The van der Waals surface area contributed by atoms with E-state index in [1.54, 1.807) is 36.3 Å². The number of rotatable bonds is 6. The number of hydrogen-bond acceptors (Lipinski definition) is 6. The summed E-state index contributed by atoms with van der Waals surface area (Å²) in [4.78, 5) is 34.1. The van der Waals surface area contributed by atoms with Crippen molar-refractivity contribution >= 4 is 11.8 Å². The van der Waals surface area contributed by atoms with Crippen LogP contribution in [0, 0.1) is 12.3 Å². The standard InChI is InChI=1S/C23H28N6O3/c1-17-20(26-32-25-17)14-27(3)22(31)23(2)8-5-10-29(15-23)21(30)19-7-4-6-18(12-19)13-28-11-9-24-16-28/h4,6-7,9,11-12,16H,5,8,10,13-15H2,1-3H3/t23-/m1/s1. The molecule has 1 aliphatic heterocycles. The minimum Gasteiger partial charge on any atom is -0.339 e. The molecule has 168 valence electrons.